The normalized spacial score (nSPS) is 11.1. The molecule has 0 aliphatic rings. The Labute approximate surface area is 142 Å². The molecule has 1 N–H and O–H groups in total. The number of rotatable bonds is 5. The minimum Gasteiger partial charge on any atom is -0.483 e. The van der Waals surface area contributed by atoms with Crippen LogP contribution in [0.15, 0.2) is 53.4 Å². The summed E-state index contributed by atoms with van der Waals surface area (Å²) in [5, 5.41) is 2.91. The van der Waals surface area contributed by atoms with Crippen LogP contribution in [0.2, 0.25) is 0 Å². The zero-order valence-corrected chi connectivity index (χ0v) is 14.9. The molecular formula is C19H23NO2S. The first-order chi connectivity index (χ1) is 10.9. The first-order valence-electron chi connectivity index (χ1n) is 7.57. The molecule has 0 radical (unpaired) electrons. The van der Waals surface area contributed by atoms with Crippen molar-refractivity contribution in [3.05, 3.63) is 54.1 Å². The summed E-state index contributed by atoms with van der Waals surface area (Å²) in [6.45, 7) is 6.38. The molecule has 2 rings (SSSR count). The van der Waals surface area contributed by atoms with Gasteiger partial charge in [0.25, 0.3) is 5.91 Å². The van der Waals surface area contributed by atoms with Gasteiger partial charge in [0.05, 0.1) is 5.69 Å². The van der Waals surface area contributed by atoms with Crippen molar-refractivity contribution in [3.8, 4) is 5.75 Å². The van der Waals surface area contributed by atoms with E-state index in [-0.39, 0.29) is 17.9 Å². The molecule has 0 aromatic heterocycles. The standard InChI is InChI=1S/C19H23NO2S/c1-19(2,3)14-9-5-7-11-16(14)22-13-18(21)20-15-10-6-8-12-17(15)23-4/h5-12H,13H2,1-4H3,(H,20,21). The largest absolute Gasteiger partial charge is 0.483 e. The highest BCUT2D eigenvalue weighted by Gasteiger charge is 2.19. The van der Waals surface area contributed by atoms with Crippen LogP contribution >= 0.6 is 11.8 Å². The lowest BCUT2D eigenvalue weighted by Crippen LogP contribution is -2.22. The van der Waals surface area contributed by atoms with E-state index in [2.05, 4.69) is 26.1 Å². The van der Waals surface area contributed by atoms with Crippen molar-refractivity contribution >= 4 is 23.4 Å². The fourth-order valence-corrected chi connectivity index (χ4v) is 2.84. The van der Waals surface area contributed by atoms with E-state index in [0.717, 1.165) is 21.9 Å². The number of para-hydroxylation sites is 2. The van der Waals surface area contributed by atoms with Crippen LogP contribution in [-0.4, -0.2) is 18.8 Å². The molecule has 0 atom stereocenters. The fourth-order valence-electron chi connectivity index (χ4n) is 2.29. The SMILES string of the molecule is CSc1ccccc1NC(=O)COc1ccccc1C(C)(C)C. The van der Waals surface area contributed by atoms with Crippen LogP contribution in [0.1, 0.15) is 26.3 Å². The molecule has 4 heteroatoms. The van der Waals surface area contributed by atoms with E-state index in [1.165, 1.54) is 0 Å². The maximum absolute atomic E-state index is 12.2. The van der Waals surface area contributed by atoms with Gasteiger partial charge in [0.1, 0.15) is 5.75 Å². The van der Waals surface area contributed by atoms with Gasteiger partial charge in [-0.2, -0.15) is 0 Å². The van der Waals surface area contributed by atoms with Crippen LogP contribution in [0.4, 0.5) is 5.69 Å². The summed E-state index contributed by atoms with van der Waals surface area (Å²) in [5.74, 6) is 0.600. The minimum absolute atomic E-state index is 0.00416. The van der Waals surface area contributed by atoms with Gasteiger partial charge >= 0.3 is 0 Å². The summed E-state index contributed by atoms with van der Waals surface area (Å²) in [4.78, 5) is 13.2. The Morgan fingerprint density at radius 2 is 1.74 bits per heavy atom. The molecule has 0 aliphatic carbocycles. The fraction of sp³-hybridized carbons (Fsp3) is 0.316. The molecule has 3 nitrogen and oxygen atoms in total. The summed E-state index contributed by atoms with van der Waals surface area (Å²) in [5.41, 5.74) is 1.88. The molecule has 0 spiro atoms. The second-order valence-corrected chi connectivity index (χ2v) is 7.13. The molecule has 2 aromatic carbocycles. The van der Waals surface area contributed by atoms with Gasteiger partial charge in [0, 0.05) is 4.90 Å². The van der Waals surface area contributed by atoms with Crippen molar-refractivity contribution in [1.82, 2.24) is 0 Å². The molecule has 0 saturated carbocycles. The van der Waals surface area contributed by atoms with E-state index >= 15 is 0 Å². The Balaban J connectivity index is 2.03. The Morgan fingerprint density at radius 3 is 2.43 bits per heavy atom. The van der Waals surface area contributed by atoms with Gasteiger partial charge in [-0.25, -0.2) is 0 Å². The predicted octanol–water partition coefficient (Wildman–Crippen LogP) is 4.72. The highest BCUT2D eigenvalue weighted by molar-refractivity contribution is 7.98. The van der Waals surface area contributed by atoms with Gasteiger partial charge < -0.3 is 10.1 Å². The van der Waals surface area contributed by atoms with Gasteiger partial charge in [0.15, 0.2) is 6.61 Å². The van der Waals surface area contributed by atoms with Gasteiger partial charge in [-0.15, -0.1) is 11.8 Å². The Bertz CT molecular complexity index is 677. The average molecular weight is 329 g/mol. The van der Waals surface area contributed by atoms with E-state index < -0.39 is 0 Å². The van der Waals surface area contributed by atoms with Crippen molar-refractivity contribution in [2.24, 2.45) is 0 Å². The maximum Gasteiger partial charge on any atom is 0.262 e. The number of hydrogen-bond donors (Lipinski definition) is 1. The number of carbonyl (C=O) groups is 1. The van der Waals surface area contributed by atoms with Crippen molar-refractivity contribution in [2.75, 3.05) is 18.2 Å². The smallest absolute Gasteiger partial charge is 0.262 e. The number of benzene rings is 2. The van der Waals surface area contributed by atoms with E-state index in [9.17, 15) is 4.79 Å². The van der Waals surface area contributed by atoms with Crippen molar-refractivity contribution in [1.29, 1.82) is 0 Å². The molecule has 2 aromatic rings. The highest BCUT2D eigenvalue weighted by Crippen LogP contribution is 2.31. The third-order valence-corrected chi connectivity index (χ3v) is 4.23. The molecule has 0 fully saturated rings. The molecule has 1 amide bonds. The van der Waals surface area contributed by atoms with Crippen molar-refractivity contribution in [2.45, 2.75) is 31.1 Å². The lowest BCUT2D eigenvalue weighted by atomic mass is 9.86. The zero-order valence-electron chi connectivity index (χ0n) is 14.1. The molecule has 0 aliphatic heterocycles. The number of carbonyl (C=O) groups excluding carboxylic acids is 1. The second-order valence-electron chi connectivity index (χ2n) is 6.28. The Hall–Kier alpha value is -1.94. The maximum atomic E-state index is 12.2. The second kappa shape index (κ2) is 7.55. The Kier molecular flexibility index (Phi) is 5.72. The average Bonchev–Trinajstić information content (AvgIpc) is 2.53. The molecular weight excluding hydrogens is 306 g/mol. The quantitative estimate of drug-likeness (QED) is 0.806. The first kappa shape index (κ1) is 17.4. The molecule has 0 bridgehead atoms. The van der Waals surface area contributed by atoms with Crippen LogP contribution in [0.5, 0.6) is 5.75 Å². The number of anilines is 1. The van der Waals surface area contributed by atoms with Crippen LogP contribution in [-0.2, 0) is 10.2 Å². The van der Waals surface area contributed by atoms with E-state index in [1.54, 1.807) is 11.8 Å². The van der Waals surface area contributed by atoms with Crippen LogP contribution < -0.4 is 10.1 Å². The predicted molar refractivity (Wildman–Crippen MR) is 97.5 cm³/mol. The summed E-state index contributed by atoms with van der Waals surface area (Å²) in [7, 11) is 0. The van der Waals surface area contributed by atoms with Gasteiger partial charge in [-0.3, -0.25) is 4.79 Å². The van der Waals surface area contributed by atoms with Crippen LogP contribution in [0.25, 0.3) is 0 Å². The summed E-state index contributed by atoms with van der Waals surface area (Å²) in [6.07, 6.45) is 1.99. The molecule has 122 valence electrons. The van der Waals surface area contributed by atoms with Crippen LogP contribution in [0.3, 0.4) is 0 Å². The molecule has 0 saturated heterocycles. The van der Waals surface area contributed by atoms with Crippen LogP contribution in [0, 0.1) is 0 Å². The number of amides is 1. The zero-order chi connectivity index (χ0) is 16.9. The monoisotopic (exact) mass is 329 g/mol. The minimum atomic E-state index is -0.157. The van der Waals surface area contributed by atoms with E-state index in [1.807, 2.05) is 54.8 Å². The summed E-state index contributed by atoms with van der Waals surface area (Å²) < 4.78 is 5.75. The number of hydrogen-bond acceptors (Lipinski definition) is 3. The molecule has 0 unspecified atom stereocenters. The number of nitrogens with one attached hydrogen (secondary N) is 1. The Morgan fingerprint density at radius 1 is 1.09 bits per heavy atom. The third-order valence-electron chi connectivity index (χ3n) is 3.43. The summed E-state index contributed by atoms with van der Waals surface area (Å²) in [6, 6.07) is 15.6. The molecule has 0 heterocycles. The van der Waals surface area contributed by atoms with Gasteiger partial charge in [-0.1, -0.05) is 51.1 Å². The summed E-state index contributed by atoms with van der Waals surface area (Å²) >= 11 is 1.60. The topological polar surface area (TPSA) is 38.3 Å². The van der Waals surface area contributed by atoms with E-state index in [4.69, 9.17) is 4.74 Å². The van der Waals surface area contributed by atoms with Crippen molar-refractivity contribution in [3.63, 3.8) is 0 Å². The number of ether oxygens (including phenoxy) is 1. The lowest BCUT2D eigenvalue weighted by Gasteiger charge is -2.22. The molecule has 23 heavy (non-hydrogen) atoms. The first-order valence-corrected chi connectivity index (χ1v) is 8.79. The van der Waals surface area contributed by atoms with Gasteiger partial charge in [0.2, 0.25) is 0 Å². The van der Waals surface area contributed by atoms with E-state index in [0.29, 0.717) is 0 Å². The highest BCUT2D eigenvalue weighted by atomic mass is 32.2. The third kappa shape index (κ3) is 4.76. The van der Waals surface area contributed by atoms with Gasteiger partial charge in [-0.05, 0) is 35.4 Å². The lowest BCUT2D eigenvalue weighted by molar-refractivity contribution is -0.118. The number of thioether (sulfide) groups is 1. The van der Waals surface area contributed by atoms with Crippen molar-refractivity contribution < 1.29 is 9.53 Å².